The fourth-order valence-corrected chi connectivity index (χ4v) is 2.90. The van der Waals surface area contributed by atoms with Crippen LogP contribution >= 0.6 is 0 Å². The lowest BCUT2D eigenvalue weighted by atomic mass is 10.0. The zero-order chi connectivity index (χ0) is 15.5. The van der Waals surface area contributed by atoms with Crippen molar-refractivity contribution in [1.29, 1.82) is 0 Å². The zero-order valence-corrected chi connectivity index (χ0v) is 14.0. The molecule has 2 rings (SSSR count). The second-order valence-electron chi connectivity index (χ2n) is 7.51. The van der Waals surface area contributed by atoms with E-state index in [-0.39, 0.29) is 17.2 Å². The van der Waals surface area contributed by atoms with Crippen LogP contribution in [0.5, 0.6) is 0 Å². The normalized spacial score (nSPS) is 27.9. The molecule has 0 saturated carbocycles. The number of carbonyl (C=O) groups excluding carboxylic acids is 1. The highest BCUT2D eigenvalue weighted by Gasteiger charge is 2.41. The van der Waals surface area contributed by atoms with Crippen molar-refractivity contribution < 1.29 is 14.4 Å². The molecule has 1 unspecified atom stereocenters. The molecule has 0 aromatic carbocycles. The summed E-state index contributed by atoms with van der Waals surface area (Å²) in [5.74, 6) is 0. The molecule has 1 amide bonds. The third-order valence-corrected chi connectivity index (χ3v) is 4.30. The number of hydroxylamine groups is 2. The molecule has 0 bridgehead atoms. The monoisotopic (exact) mass is 298 g/mol. The van der Waals surface area contributed by atoms with Gasteiger partial charge in [0.15, 0.2) is 0 Å². The molecule has 1 atom stereocenters. The van der Waals surface area contributed by atoms with Crippen molar-refractivity contribution in [2.75, 3.05) is 26.2 Å². The highest BCUT2D eigenvalue weighted by Crippen LogP contribution is 2.31. The maximum atomic E-state index is 12.3. The molecule has 0 N–H and O–H groups in total. The summed E-state index contributed by atoms with van der Waals surface area (Å²) in [7, 11) is 0. The lowest BCUT2D eigenvalue weighted by Gasteiger charge is -2.37. The third-order valence-electron chi connectivity index (χ3n) is 4.30. The third kappa shape index (κ3) is 4.58. The summed E-state index contributed by atoms with van der Waals surface area (Å²) in [6, 6.07) is 0. The van der Waals surface area contributed by atoms with Gasteiger partial charge >= 0.3 is 6.09 Å². The van der Waals surface area contributed by atoms with Crippen LogP contribution in [0, 0.1) is 0 Å². The quantitative estimate of drug-likeness (QED) is 0.802. The van der Waals surface area contributed by atoms with Gasteiger partial charge in [-0.3, -0.25) is 0 Å². The first-order chi connectivity index (χ1) is 9.80. The summed E-state index contributed by atoms with van der Waals surface area (Å²) in [4.78, 5) is 19.8. The van der Waals surface area contributed by atoms with Crippen LogP contribution in [0.1, 0.15) is 59.8 Å². The van der Waals surface area contributed by atoms with Crippen LogP contribution in [0.25, 0.3) is 0 Å². The minimum Gasteiger partial charge on any atom is -0.374 e. The van der Waals surface area contributed by atoms with Gasteiger partial charge in [0, 0.05) is 19.6 Å². The molecule has 2 aliphatic rings. The fraction of sp³-hybridized carbons (Fsp3) is 0.938. The molecule has 0 aliphatic carbocycles. The predicted octanol–water partition coefficient (Wildman–Crippen LogP) is 3.19. The van der Waals surface area contributed by atoms with E-state index < -0.39 is 0 Å². The van der Waals surface area contributed by atoms with E-state index in [1.165, 1.54) is 6.42 Å². The summed E-state index contributed by atoms with van der Waals surface area (Å²) in [6.45, 7) is 11.3. The molecule has 5 nitrogen and oxygen atoms in total. The molecule has 0 aromatic heterocycles. The van der Waals surface area contributed by atoms with E-state index in [2.05, 4.69) is 27.7 Å². The Morgan fingerprint density at radius 3 is 2.38 bits per heavy atom. The molecule has 0 radical (unpaired) electrons. The Bertz CT molecular complexity index is 361. The molecule has 0 aromatic rings. The van der Waals surface area contributed by atoms with Crippen molar-refractivity contribution in [3.05, 3.63) is 0 Å². The number of likely N-dealkylation sites (tertiary alicyclic amines) is 1. The van der Waals surface area contributed by atoms with Crippen LogP contribution in [-0.2, 0) is 9.57 Å². The molecular formula is C16H30N2O3. The smallest absolute Gasteiger partial charge is 0.374 e. The fourth-order valence-electron chi connectivity index (χ4n) is 2.90. The van der Waals surface area contributed by atoms with E-state index in [0.29, 0.717) is 6.61 Å². The van der Waals surface area contributed by atoms with Crippen LogP contribution in [0.3, 0.4) is 0 Å². The first kappa shape index (κ1) is 16.6. The van der Waals surface area contributed by atoms with Gasteiger partial charge in [0.25, 0.3) is 0 Å². The average Bonchev–Trinajstić information content (AvgIpc) is 2.79. The number of carbonyl (C=O) groups is 1. The summed E-state index contributed by atoms with van der Waals surface area (Å²) < 4.78 is 5.93. The molecular weight excluding hydrogens is 268 g/mol. The van der Waals surface area contributed by atoms with Crippen LogP contribution in [0.2, 0.25) is 0 Å². The number of hydrogen-bond donors (Lipinski definition) is 0. The Morgan fingerprint density at radius 1 is 1.10 bits per heavy atom. The summed E-state index contributed by atoms with van der Waals surface area (Å²) in [6.07, 6.45) is 5.22. The van der Waals surface area contributed by atoms with Crippen molar-refractivity contribution in [1.82, 2.24) is 9.96 Å². The van der Waals surface area contributed by atoms with Gasteiger partial charge in [-0.05, 0) is 59.8 Å². The van der Waals surface area contributed by atoms with E-state index in [9.17, 15) is 4.79 Å². The van der Waals surface area contributed by atoms with Crippen LogP contribution in [0.4, 0.5) is 4.79 Å². The van der Waals surface area contributed by atoms with Crippen molar-refractivity contribution in [3.63, 3.8) is 0 Å². The Morgan fingerprint density at radius 2 is 1.76 bits per heavy atom. The van der Waals surface area contributed by atoms with Crippen LogP contribution in [0.15, 0.2) is 0 Å². The van der Waals surface area contributed by atoms with Gasteiger partial charge in [-0.25, -0.2) is 4.79 Å². The molecule has 21 heavy (non-hydrogen) atoms. The van der Waals surface area contributed by atoms with Crippen molar-refractivity contribution >= 4 is 6.09 Å². The van der Waals surface area contributed by atoms with E-state index in [0.717, 1.165) is 45.3 Å². The first-order valence-electron chi connectivity index (χ1n) is 8.19. The Balaban J connectivity index is 1.89. The Kier molecular flexibility index (Phi) is 5.15. The molecule has 0 spiro atoms. The highest BCUT2D eigenvalue weighted by molar-refractivity contribution is 5.67. The second kappa shape index (κ2) is 6.53. The maximum Gasteiger partial charge on any atom is 0.428 e. The number of amides is 1. The topological polar surface area (TPSA) is 42.0 Å². The van der Waals surface area contributed by atoms with Crippen molar-refractivity contribution in [3.8, 4) is 0 Å². The van der Waals surface area contributed by atoms with E-state index in [1.807, 2.05) is 9.96 Å². The van der Waals surface area contributed by atoms with Crippen molar-refractivity contribution in [2.24, 2.45) is 0 Å². The Labute approximate surface area is 128 Å². The molecule has 122 valence electrons. The predicted molar refractivity (Wildman–Crippen MR) is 82.0 cm³/mol. The zero-order valence-electron chi connectivity index (χ0n) is 14.0. The van der Waals surface area contributed by atoms with Gasteiger partial charge < -0.3 is 14.5 Å². The molecule has 5 heteroatoms. The van der Waals surface area contributed by atoms with Gasteiger partial charge in [0.1, 0.15) is 0 Å². The number of hydrogen-bond acceptors (Lipinski definition) is 4. The largest absolute Gasteiger partial charge is 0.428 e. The SMILES string of the molecule is CC(C)(C)OCC1(C)CCCN1OC(=O)N1CCCCC1. The Hall–Kier alpha value is -0.810. The van der Waals surface area contributed by atoms with Gasteiger partial charge in [-0.1, -0.05) is 0 Å². The minimum absolute atomic E-state index is 0.172. The molecule has 2 heterocycles. The van der Waals surface area contributed by atoms with E-state index in [1.54, 1.807) is 0 Å². The van der Waals surface area contributed by atoms with Crippen molar-refractivity contribution in [2.45, 2.75) is 70.9 Å². The van der Waals surface area contributed by atoms with Gasteiger partial charge in [-0.15, -0.1) is 5.06 Å². The number of piperidine rings is 1. The minimum atomic E-state index is -0.210. The average molecular weight is 298 g/mol. The number of ether oxygens (including phenoxy) is 1. The maximum absolute atomic E-state index is 12.3. The second-order valence-corrected chi connectivity index (χ2v) is 7.51. The van der Waals surface area contributed by atoms with Crippen LogP contribution in [-0.4, -0.2) is 53.4 Å². The lowest BCUT2D eigenvalue weighted by Crippen LogP contribution is -2.49. The van der Waals surface area contributed by atoms with Gasteiger partial charge in [0.05, 0.1) is 17.7 Å². The molecule has 2 aliphatic heterocycles. The summed E-state index contributed by atoms with van der Waals surface area (Å²) in [5, 5.41) is 1.84. The summed E-state index contributed by atoms with van der Waals surface area (Å²) in [5.41, 5.74) is -0.382. The van der Waals surface area contributed by atoms with E-state index >= 15 is 0 Å². The summed E-state index contributed by atoms with van der Waals surface area (Å²) >= 11 is 0. The highest BCUT2D eigenvalue weighted by atomic mass is 16.7. The standard InChI is InChI=1S/C16H30N2O3/c1-15(2,3)20-13-16(4)9-8-12-18(16)21-14(19)17-10-6-5-7-11-17/h5-13H2,1-4H3. The number of nitrogens with zero attached hydrogens (tertiary/aromatic N) is 2. The van der Waals surface area contributed by atoms with Gasteiger partial charge in [-0.2, -0.15) is 0 Å². The lowest BCUT2D eigenvalue weighted by molar-refractivity contribution is -0.183. The molecule has 2 saturated heterocycles. The number of rotatable bonds is 3. The molecule has 2 fully saturated rings. The first-order valence-corrected chi connectivity index (χ1v) is 8.19. The van der Waals surface area contributed by atoms with Gasteiger partial charge in [0.2, 0.25) is 0 Å². The van der Waals surface area contributed by atoms with Crippen LogP contribution < -0.4 is 0 Å². The van der Waals surface area contributed by atoms with E-state index in [4.69, 9.17) is 9.57 Å².